The number of hydrogen-bond donors (Lipinski definition) is 2. The third-order valence-electron chi connectivity index (χ3n) is 6.77. The number of imidazole rings is 1. The van der Waals surface area contributed by atoms with E-state index in [4.69, 9.17) is 10.1 Å². The number of para-hydroxylation sites is 2. The van der Waals surface area contributed by atoms with Gasteiger partial charge in [-0.15, -0.1) is 0 Å². The molecule has 1 saturated carbocycles. The summed E-state index contributed by atoms with van der Waals surface area (Å²) in [7, 11) is 2.03. The normalized spacial score (nSPS) is 24.1. The lowest BCUT2D eigenvalue weighted by Gasteiger charge is -2.37. The number of anilines is 2. The second-order valence-corrected chi connectivity index (χ2v) is 8.75. The molecular formula is C23H30N6O2. The predicted molar refractivity (Wildman–Crippen MR) is 122 cm³/mol. The highest BCUT2D eigenvalue weighted by Crippen LogP contribution is 2.29. The van der Waals surface area contributed by atoms with Crippen LogP contribution in [0.25, 0.3) is 11.0 Å². The standard InChI is InChI=1S/C23H30N6O2/c1-27-18-9-3-2-8-17(18)25-23(27)24-15-16-7-4-5-14-28(16)21-12-13-22(31)29(26-21)19-10-6-11-20(19)30/h2-3,8-9,12-13,16,19-20,30H,4-7,10-11,14-15H2,1H3,(H,24,25). The number of piperidine rings is 1. The van der Waals surface area contributed by atoms with E-state index in [-0.39, 0.29) is 17.6 Å². The summed E-state index contributed by atoms with van der Waals surface area (Å²) in [6.45, 7) is 1.66. The van der Waals surface area contributed by atoms with Crippen molar-refractivity contribution in [1.29, 1.82) is 0 Å². The molecule has 0 amide bonds. The first kappa shape index (κ1) is 20.1. The highest BCUT2D eigenvalue weighted by atomic mass is 16.3. The molecule has 8 nitrogen and oxygen atoms in total. The molecule has 0 spiro atoms. The Bertz CT molecular complexity index is 1120. The van der Waals surface area contributed by atoms with Crippen LogP contribution in [0, 0.1) is 0 Å². The summed E-state index contributed by atoms with van der Waals surface area (Å²) >= 11 is 0. The number of aliphatic hydroxyl groups is 1. The summed E-state index contributed by atoms with van der Waals surface area (Å²) < 4.78 is 3.60. The van der Waals surface area contributed by atoms with Gasteiger partial charge in [0.05, 0.1) is 23.2 Å². The lowest BCUT2D eigenvalue weighted by Crippen LogP contribution is -2.45. The van der Waals surface area contributed by atoms with Gasteiger partial charge >= 0.3 is 0 Å². The average molecular weight is 423 g/mol. The molecule has 0 radical (unpaired) electrons. The SMILES string of the molecule is Cn1c(NCC2CCCCN2c2ccc(=O)n(C3CCCC3O)n2)nc2ccccc21. The number of benzene rings is 1. The molecule has 2 aromatic heterocycles. The molecule has 3 atom stereocenters. The van der Waals surface area contributed by atoms with E-state index in [2.05, 4.69) is 20.9 Å². The smallest absolute Gasteiger partial charge is 0.267 e. The lowest BCUT2D eigenvalue weighted by molar-refractivity contribution is 0.127. The largest absolute Gasteiger partial charge is 0.391 e. The maximum absolute atomic E-state index is 12.4. The molecule has 2 N–H and O–H groups in total. The molecule has 1 aromatic carbocycles. The van der Waals surface area contributed by atoms with Gasteiger partial charge in [0.2, 0.25) is 5.95 Å². The van der Waals surface area contributed by atoms with Gasteiger partial charge in [0.15, 0.2) is 0 Å². The molecule has 8 heteroatoms. The van der Waals surface area contributed by atoms with E-state index in [0.717, 1.165) is 68.0 Å². The molecule has 3 heterocycles. The van der Waals surface area contributed by atoms with Crippen molar-refractivity contribution in [2.24, 2.45) is 7.05 Å². The van der Waals surface area contributed by atoms with Crippen molar-refractivity contribution < 1.29 is 5.11 Å². The molecule has 164 valence electrons. The Kier molecular flexibility index (Phi) is 5.40. The van der Waals surface area contributed by atoms with Crippen molar-refractivity contribution >= 4 is 22.8 Å². The van der Waals surface area contributed by atoms with Crippen LogP contribution in [0.15, 0.2) is 41.2 Å². The van der Waals surface area contributed by atoms with E-state index in [1.54, 1.807) is 6.07 Å². The molecule has 2 fully saturated rings. The van der Waals surface area contributed by atoms with Crippen LogP contribution in [0.3, 0.4) is 0 Å². The third kappa shape index (κ3) is 3.80. The Balaban J connectivity index is 1.37. The van der Waals surface area contributed by atoms with E-state index < -0.39 is 6.10 Å². The summed E-state index contributed by atoms with van der Waals surface area (Å²) in [6.07, 6.45) is 5.31. The minimum absolute atomic E-state index is 0.138. The quantitative estimate of drug-likeness (QED) is 0.657. The summed E-state index contributed by atoms with van der Waals surface area (Å²) in [6, 6.07) is 11.6. The fourth-order valence-electron chi connectivity index (χ4n) is 5.04. The van der Waals surface area contributed by atoms with Crippen LogP contribution in [-0.2, 0) is 7.05 Å². The molecule has 2 aliphatic rings. The summed E-state index contributed by atoms with van der Waals surface area (Å²) in [5, 5.41) is 18.5. The number of hydrogen-bond acceptors (Lipinski definition) is 6. The second-order valence-electron chi connectivity index (χ2n) is 8.75. The zero-order chi connectivity index (χ0) is 21.4. The Morgan fingerprint density at radius 3 is 2.77 bits per heavy atom. The molecule has 0 bridgehead atoms. The van der Waals surface area contributed by atoms with Gasteiger partial charge in [-0.25, -0.2) is 9.67 Å². The zero-order valence-corrected chi connectivity index (χ0v) is 17.9. The number of aryl methyl sites for hydroxylation is 1. The minimum Gasteiger partial charge on any atom is -0.391 e. The van der Waals surface area contributed by atoms with Crippen molar-refractivity contribution in [2.75, 3.05) is 23.3 Å². The van der Waals surface area contributed by atoms with Crippen LogP contribution in [0.4, 0.5) is 11.8 Å². The van der Waals surface area contributed by atoms with Crippen LogP contribution in [0.5, 0.6) is 0 Å². The summed E-state index contributed by atoms with van der Waals surface area (Å²) in [5.74, 6) is 1.67. The van der Waals surface area contributed by atoms with Crippen molar-refractivity contribution in [3.63, 3.8) is 0 Å². The van der Waals surface area contributed by atoms with E-state index in [0.29, 0.717) is 0 Å². The van der Waals surface area contributed by atoms with Crippen molar-refractivity contribution in [3.8, 4) is 0 Å². The second kappa shape index (κ2) is 8.34. The fourth-order valence-corrected chi connectivity index (χ4v) is 5.04. The minimum atomic E-state index is -0.489. The van der Waals surface area contributed by atoms with Crippen LogP contribution < -0.4 is 15.8 Å². The fraction of sp³-hybridized carbons (Fsp3) is 0.522. The Hall–Kier alpha value is -2.87. The first-order valence-corrected chi connectivity index (χ1v) is 11.3. The predicted octanol–water partition coefficient (Wildman–Crippen LogP) is 2.69. The number of aliphatic hydroxyl groups excluding tert-OH is 1. The summed E-state index contributed by atoms with van der Waals surface area (Å²) in [5.41, 5.74) is 1.95. The first-order valence-electron chi connectivity index (χ1n) is 11.3. The van der Waals surface area contributed by atoms with Gasteiger partial charge in [-0.3, -0.25) is 4.79 Å². The van der Waals surface area contributed by atoms with E-state index in [9.17, 15) is 9.90 Å². The van der Waals surface area contributed by atoms with Gasteiger partial charge in [0.25, 0.3) is 5.56 Å². The highest BCUT2D eigenvalue weighted by Gasteiger charge is 2.30. The van der Waals surface area contributed by atoms with Crippen LogP contribution in [-0.4, -0.2) is 49.7 Å². The molecule has 5 rings (SSSR count). The monoisotopic (exact) mass is 422 g/mol. The maximum Gasteiger partial charge on any atom is 0.267 e. The average Bonchev–Trinajstić information content (AvgIpc) is 3.36. The van der Waals surface area contributed by atoms with Gasteiger partial charge < -0.3 is 19.9 Å². The Morgan fingerprint density at radius 2 is 1.97 bits per heavy atom. The van der Waals surface area contributed by atoms with E-state index >= 15 is 0 Å². The highest BCUT2D eigenvalue weighted by molar-refractivity contribution is 5.78. The molecule has 31 heavy (non-hydrogen) atoms. The summed E-state index contributed by atoms with van der Waals surface area (Å²) in [4.78, 5) is 19.5. The van der Waals surface area contributed by atoms with Crippen molar-refractivity contribution in [2.45, 2.75) is 56.7 Å². The van der Waals surface area contributed by atoms with Gasteiger partial charge in [-0.2, -0.15) is 5.10 Å². The van der Waals surface area contributed by atoms with Gasteiger partial charge in [0, 0.05) is 32.2 Å². The number of nitrogens with one attached hydrogen (secondary N) is 1. The first-order chi connectivity index (χ1) is 15.1. The third-order valence-corrected chi connectivity index (χ3v) is 6.77. The van der Waals surface area contributed by atoms with E-state index in [1.165, 1.54) is 11.1 Å². The van der Waals surface area contributed by atoms with Gasteiger partial charge in [0.1, 0.15) is 5.82 Å². The molecule has 1 aliphatic carbocycles. The number of fused-ring (bicyclic) bond motifs is 1. The van der Waals surface area contributed by atoms with Crippen LogP contribution in [0.1, 0.15) is 44.6 Å². The Morgan fingerprint density at radius 1 is 1.10 bits per heavy atom. The zero-order valence-electron chi connectivity index (χ0n) is 17.9. The van der Waals surface area contributed by atoms with Crippen molar-refractivity contribution in [1.82, 2.24) is 19.3 Å². The van der Waals surface area contributed by atoms with Crippen molar-refractivity contribution in [3.05, 3.63) is 46.8 Å². The van der Waals surface area contributed by atoms with E-state index in [1.807, 2.05) is 31.3 Å². The number of rotatable bonds is 5. The molecule has 1 saturated heterocycles. The lowest BCUT2D eigenvalue weighted by atomic mass is 10.0. The van der Waals surface area contributed by atoms with Gasteiger partial charge in [-0.05, 0) is 56.7 Å². The van der Waals surface area contributed by atoms with Crippen LogP contribution >= 0.6 is 0 Å². The number of nitrogens with zero attached hydrogens (tertiary/aromatic N) is 5. The van der Waals surface area contributed by atoms with Crippen LogP contribution in [0.2, 0.25) is 0 Å². The molecular weight excluding hydrogens is 392 g/mol. The Labute approximate surface area is 181 Å². The molecule has 1 aliphatic heterocycles. The van der Waals surface area contributed by atoms with Gasteiger partial charge in [-0.1, -0.05) is 12.1 Å². The topological polar surface area (TPSA) is 88.2 Å². The number of aromatic nitrogens is 4. The maximum atomic E-state index is 12.4. The molecule has 3 aromatic rings. The molecule has 3 unspecified atom stereocenters.